The number of benzene rings is 3. The maximum absolute atomic E-state index is 13.6. The Morgan fingerprint density at radius 2 is 1.82 bits per heavy atom. The van der Waals surface area contributed by atoms with Gasteiger partial charge in [-0.1, -0.05) is 42.5 Å². The summed E-state index contributed by atoms with van der Waals surface area (Å²) in [5, 5.41) is 3.21. The molecule has 1 aromatic heterocycles. The van der Waals surface area contributed by atoms with Crippen molar-refractivity contribution in [2.75, 3.05) is 24.2 Å². The van der Waals surface area contributed by atoms with Gasteiger partial charge in [0.2, 0.25) is 10.0 Å². The first-order valence-corrected chi connectivity index (χ1v) is 14.4. The van der Waals surface area contributed by atoms with Crippen molar-refractivity contribution in [3.05, 3.63) is 90.3 Å². The van der Waals surface area contributed by atoms with Gasteiger partial charge in [-0.05, 0) is 61.1 Å². The average molecular weight is 533 g/mol. The number of hydrogen-bond donors (Lipinski definition) is 1. The Morgan fingerprint density at radius 1 is 1.08 bits per heavy atom. The van der Waals surface area contributed by atoms with Crippen LogP contribution < -0.4 is 9.62 Å². The molecule has 5 rings (SSSR count). The number of amides is 1. The van der Waals surface area contributed by atoms with Crippen LogP contribution in [0.25, 0.3) is 33.4 Å². The lowest BCUT2D eigenvalue weighted by atomic mass is 9.95. The van der Waals surface area contributed by atoms with Crippen LogP contribution in [0.4, 0.5) is 10.1 Å². The van der Waals surface area contributed by atoms with Gasteiger partial charge in [0.25, 0.3) is 5.91 Å². The molecule has 0 saturated carbocycles. The van der Waals surface area contributed by atoms with E-state index in [2.05, 4.69) is 17.5 Å². The minimum Gasteiger partial charge on any atom is -0.455 e. The van der Waals surface area contributed by atoms with Gasteiger partial charge in [0.1, 0.15) is 17.2 Å². The van der Waals surface area contributed by atoms with Crippen LogP contribution in [0.2, 0.25) is 0 Å². The zero-order valence-electron chi connectivity index (χ0n) is 21.3. The van der Waals surface area contributed by atoms with Crippen molar-refractivity contribution >= 4 is 32.6 Å². The molecular weight excluding hydrogens is 503 g/mol. The summed E-state index contributed by atoms with van der Waals surface area (Å²) in [7, 11) is -2.13. The molecule has 1 aliphatic carbocycles. The number of halogens is 1. The van der Waals surface area contributed by atoms with Crippen LogP contribution in [0, 0.1) is 11.7 Å². The fraction of sp³-hybridized carbons (Fsp3) is 0.233. The van der Waals surface area contributed by atoms with E-state index in [9.17, 15) is 17.6 Å². The Labute approximate surface area is 221 Å². The topological polar surface area (TPSA) is 79.6 Å². The van der Waals surface area contributed by atoms with Crippen molar-refractivity contribution in [1.82, 2.24) is 5.32 Å². The van der Waals surface area contributed by atoms with Gasteiger partial charge in [-0.2, -0.15) is 0 Å². The predicted molar refractivity (Wildman–Crippen MR) is 149 cm³/mol. The molecule has 38 heavy (non-hydrogen) atoms. The highest BCUT2D eigenvalue weighted by molar-refractivity contribution is 7.92. The molecule has 6 nitrogen and oxygen atoms in total. The van der Waals surface area contributed by atoms with Gasteiger partial charge in [0, 0.05) is 36.2 Å². The van der Waals surface area contributed by atoms with Crippen LogP contribution in [0.3, 0.4) is 0 Å². The molecule has 0 spiro atoms. The number of nitrogens with one attached hydrogen (secondary N) is 1. The van der Waals surface area contributed by atoms with E-state index in [4.69, 9.17) is 4.42 Å². The van der Waals surface area contributed by atoms with Crippen molar-refractivity contribution < 1.29 is 22.0 Å². The SMILES string of the molecule is CNC(=O)c1c(-c2ccc(F)cc2)oc2cc(N(CC3C=CCCC3)S(C)(=O)=O)c(-c3ccccc3)cc12. The number of nitrogens with zero attached hydrogens (tertiary/aromatic N) is 1. The number of carbonyl (C=O) groups is 1. The third-order valence-corrected chi connectivity index (χ3v) is 8.02. The van der Waals surface area contributed by atoms with E-state index in [-0.39, 0.29) is 17.6 Å². The summed E-state index contributed by atoms with van der Waals surface area (Å²) in [6.07, 6.45) is 8.32. The number of carbonyl (C=O) groups excluding carboxylic acids is 1. The Kier molecular flexibility index (Phi) is 7.08. The number of rotatable bonds is 7. The molecular formula is C30H29FN2O4S. The Bertz CT molecular complexity index is 1610. The lowest BCUT2D eigenvalue weighted by Gasteiger charge is -2.29. The standard InChI is InChI=1S/C30H29FN2O4S/c1-32-30(34)28-25-17-24(21-11-7-4-8-12-21)26(33(38(2,35)36)19-20-9-5-3-6-10-20)18-27(25)37-29(28)22-13-15-23(31)16-14-22/h4-5,7-9,11-18,20H,3,6,10,19H2,1-2H3,(H,32,34). The number of allylic oxidation sites excluding steroid dienone is 1. The predicted octanol–water partition coefficient (Wildman–Crippen LogP) is 6.39. The highest BCUT2D eigenvalue weighted by atomic mass is 32.2. The van der Waals surface area contributed by atoms with Gasteiger partial charge in [0.05, 0.1) is 17.5 Å². The van der Waals surface area contributed by atoms with E-state index in [0.717, 1.165) is 24.8 Å². The Morgan fingerprint density at radius 3 is 2.45 bits per heavy atom. The fourth-order valence-corrected chi connectivity index (χ4v) is 5.97. The second-order valence-electron chi connectivity index (χ2n) is 9.54. The molecule has 1 N–H and O–H groups in total. The first kappa shape index (κ1) is 25.7. The first-order valence-electron chi connectivity index (χ1n) is 12.5. The summed E-state index contributed by atoms with van der Waals surface area (Å²) in [4.78, 5) is 13.1. The molecule has 0 bridgehead atoms. The third kappa shape index (κ3) is 5.09. The first-order chi connectivity index (χ1) is 18.3. The Hall–Kier alpha value is -3.91. The van der Waals surface area contributed by atoms with Crippen molar-refractivity contribution in [3.8, 4) is 22.5 Å². The fourth-order valence-electron chi connectivity index (χ4n) is 5.00. The van der Waals surface area contributed by atoms with Gasteiger partial charge in [-0.3, -0.25) is 9.10 Å². The van der Waals surface area contributed by atoms with E-state index >= 15 is 0 Å². The summed E-state index contributed by atoms with van der Waals surface area (Å²) in [5.41, 5.74) is 3.17. The maximum atomic E-state index is 13.6. The van der Waals surface area contributed by atoms with Crippen LogP contribution in [0.1, 0.15) is 29.6 Å². The van der Waals surface area contributed by atoms with Gasteiger partial charge in [-0.25, -0.2) is 12.8 Å². The van der Waals surface area contributed by atoms with E-state index in [1.165, 1.54) is 29.7 Å². The molecule has 1 heterocycles. The molecule has 0 radical (unpaired) electrons. The van der Waals surface area contributed by atoms with Crippen LogP contribution in [0.15, 0.2) is 83.3 Å². The molecule has 1 atom stereocenters. The summed E-state index contributed by atoms with van der Waals surface area (Å²) in [5.74, 6) is -0.384. The minimum atomic E-state index is -3.66. The molecule has 0 saturated heterocycles. The lowest BCUT2D eigenvalue weighted by Crippen LogP contribution is -2.35. The Balaban J connectivity index is 1.78. The van der Waals surface area contributed by atoms with Crippen molar-refractivity contribution in [2.24, 2.45) is 5.92 Å². The molecule has 1 unspecified atom stereocenters. The summed E-state index contributed by atoms with van der Waals surface area (Å²) < 4.78 is 47.6. The van der Waals surface area contributed by atoms with Gasteiger partial charge < -0.3 is 9.73 Å². The molecule has 8 heteroatoms. The third-order valence-electron chi connectivity index (χ3n) is 6.87. The zero-order valence-corrected chi connectivity index (χ0v) is 22.1. The summed E-state index contributed by atoms with van der Waals surface area (Å²) in [6, 6.07) is 18.7. The highest BCUT2D eigenvalue weighted by Crippen LogP contribution is 2.42. The minimum absolute atomic E-state index is 0.0885. The van der Waals surface area contributed by atoms with E-state index in [1.807, 2.05) is 36.4 Å². The number of anilines is 1. The van der Waals surface area contributed by atoms with Crippen LogP contribution in [-0.2, 0) is 10.0 Å². The summed E-state index contributed by atoms with van der Waals surface area (Å²) in [6.45, 7) is 0.300. The van der Waals surface area contributed by atoms with Crippen molar-refractivity contribution in [2.45, 2.75) is 19.3 Å². The molecule has 0 fully saturated rings. The molecule has 196 valence electrons. The molecule has 4 aromatic rings. The molecule has 1 amide bonds. The van der Waals surface area contributed by atoms with Crippen LogP contribution in [-0.4, -0.2) is 34.2 Å². The number of sulfonamides is 1. The number of fused-ring (bicyclic) bond motifs is 1. The van der Waals surface area contributed by atoms with E-state index in [0.29, 0.717) is 39.9 Å². The monoisotopic (exact) mass is 532 g/mol. The maximum Gasteiger partial charge on any atom is 0.255 e. The normalized spacial score (nSPS) is 15.5. The molecule has 1 aliphatic rings. The molecule has 0 aliphatic heterocycles. The highest BCUT2D eigenvalue weighted by Gasteiger charge is 2.28. The number of furan rings is 1. The second kappa shape index (κ2) is 10.5. The van der Waals surface area contributed by atoms with Crippen molar-refractivity contribution in [1.29, 1.82) is 0 Å². The van der Waals surface area contributed by atoms with Crippen molar-refractivity contribution in [3.63, 3.8) is 0 Å². The van der Waals surface area contributed by atoms with Crippen LogP contribution in [0.5, 0.6) is 0 Å². The number of hydrogen-bond acceptors (Lipinski definition) is 4. The van der Waals surface area contributed by atoms with Gasteiger partial charge in [-0.15, -0.1) is 0 Å². The quantitative estimate of drug-likeness (QED) is 0.280. The lowest BCUT2D eigenvalue weighted by molar-refractivity contribution is 0.0964. The average Bonchev–Trinajstić information content (AvgIpc) is 3.30. The largest absolute Gasteiger partial charge is 0.455 e. The van der Waals surface area contributed by atoms with E-state index in [1.54, 1.807) is 18.2 Å². The molecule has 3 aromatic carbocycles. The zero-order chi connectivity index (χ0) is 26.9. The summed E-state index contributed by atoms with van der Waals surface area (Å²) >= 11 is 0. The smallest absolute Gasteiger partial charge is 0.255 e. The van der Waals surface area contributed by atoms with Crippen LogP contribution >= 0.6 is 0 Å². The second-order valence-corrected chi connectivity index (χ2v) is 11.4. The van der Waals surface area contributed by atoms with Gasteiger partial charge in [0.15, 0.2) is 0 Å². The van der Waals surface area contributed by atoms with E-state index < -0.39 is 15.8 Å². The van der Waals surface area contributed by atoms with Gasteiger partial charge >= 0.3 is 0 Å².